The van der Waals surface area contributed by atoms with Crippen LogP contribution in [0.15, 0.2) is 4.52 Å². The van der Waals surface area contributed by atoms with Gasteiger partial charge in [-0.15, -0.1) is 0 Å². The third kappa shape index (κ3) is 2.84. The van der Waals surface area contributed by atoms with E-state index in [0.29, 0.717) is 12.5 Å². The van der Waals surface area contributed by atoms with Crippen molar-refractivity contribution in [3.8, 4) is 0 Å². The van der Waals surface area contributed by atoms with Gasteiger partial charge in [-0.05, 0) is 26.2 Å². The van der Waals surface area contributed by atoms with Crippen LogP contribution < -0.4 is 0 Å². The molecule has 17 heavy (non-hydrogen) atoms. The number of aliphatic hydroxyl groups is 1. The van der Waals surface area contributed by atoms with Crippen LogP contribution in [0, 0.1) is 0 Å². The molecule has 1 aliphatic heterocycles. The van der Waals surface area contributed by atoms with E-state index >= 15 is 0 Å². The lowest BCUT2D eigenvalue weighted by Crippen LogP contribution is -2.17. The van der Waals surface area contributed by atoms with Gasteiger partial charge >= 0.3 is 0 Å². The lowest BCUT2D eigenvalue weighted by atomic mass is 10.00. The molecule has 3 unspecified atom stereocenters. The van der Waals surface area contributed by atoms with Crippen LogP contribution in [0.1, 0.15) is 56.7 Å². The van der Waals surface area contributed by atoms with Gasteiger partial charge in [-0.3, -0.25) is 0 Å². The summed E-state index contributed by atoms with van der Waals surface area (Å²) < 4.78 is 10.7. The van der Waals surface area contributed by atoms with Crippen molar-refractivity contribution in [1.82, 2.24) is 10.1 Å². The number of nitrogens with zero attached hydrogens (tertiary/aromatic N) is 2. The summed E-state index contributed by atoms with van der Waals surface area (Å²) in [7, 11) is 0. The smallest absolute Gasteiger partial charge is 0.232 e. The van der Waals surface area contributed by atoms with Gasteiger partial charge in [0.2, 0.25) is 5.89 Å². The summed E-state index contributed by atoms with van der Waals surface area (Å²) in [6.07, 6.45) is 2.42. The molecule has 0 bridgehead atoms. The molecule has 1 aromatic heterocycles. The van der Waals surface area contributed by atoms with Gasteiger partial charge in [-0.2, -0.15) is 4.98 Å². The number of aliphatic hydroxyl groups excluding tert-OH is 1. The number of aromatic nitrogens is 2. The second-order valence-corrected chi connectivity index (χ2v) is 4.66. The highest BCUT2D eigenvalue weighted by atomic mass is 16.5. The predicted octanol–water partition coefficient (Wildman–Crippen LogP) is 1.84. The molecule has 3 atom stereocenters. The molecule has 0 amide bonds. The zero-order valence-corrected chi connectivity index (χ0v) is 10.4. The molecule has 1 N–H and O–H groups in total. The highest BCUT2D eigenvalue weighted by Crippen LogP contribution is 2.26. The Labute approximate surface area is 101 Å². The molecule has 0 aliphatic carbocycles. The van der Waals surface area contributed by atoms with Crippen LogP contribution in [0.4, 0.5) is 0 Å². The Balaban J connectivity index is 2.08. The maximum Gasteiger partial charge on any atom is 0.232 e. The number of rotatable bonds is 4. The second kappa shape index (κ2) is 5.60. The van der Waals surface area contributed by atoms with Gasteiger partial charge in [-0.1, -0.05) is 12.1 Å². The third-order valence-corrected chi connectivity index (χ3v) is 3.32. The van der Waals surface area contributed by atoms with Crippen molar-refractivity contribution in [2.45, 2.75) is 51.0 Å². The summed E-state index contributed by atoms with van der Waals surface area (Å²) in [4.78, 5) is 4.41. The van der Waals surface area contributed by atoms with Crippen molar-refractivity contribution in [3.63, 3.8) is 0 Å². The number of ether oxygens (including phenoxy) is 1. The molecule has 0 saturated carbocycles. The summed E-state index contributed by atoms with van der Waals surface area (Å²) >= 11 is 0. The summed E-state index contributed by atoms with van der Waals surface area (Å²) in [5.74, 6) is 1.44. The van der Waals surface area contributed by atoms with E-state index in [1.807, 2.05) is 6.92 Å². The zero-order chi connectivity index (χ0) is 12.3. The van der Waals surface area contributed by atoms with Gasteiger partial charge in [0.05, 0.1) is 18.6 Å². The summed E-state index contributed by atoms with van der Waals surface area (Å²) in [6, 6.07) is 0. The van der Waals surface area contributed by atoms with E-state index < -0.39 is 6.10 Å². The lowest BCUT2D eigenvalue weighted by molar-refractivity contribution is 0.0773. The normalized spacial score (nSPS) is 24.5. The van der Waals surface area contributed by atoms with Gasteiger partial charge in [-0.25, -0.2) is 0 Å². The van der Waals surface area contributed by atoms with Crippen LogP contribution >= 0.6 is 0 Å². The minimum atomic E-state index is -0.462. The van der Waals surface area contributed by atoms with E-state index in [9.17, 15) is 5.11 Å². The highest BCUT2D eigenvalue weighted by Gasteiger charge is 2.26. The fraction of sp³-hybridized carbons (Fsp3) is 0.833. The predicted molar refractivity (Wildman–Crippen MR) is 61.8 cm³/mol. The zero-order valence-electron chi connectivity index (χ0n) is 10.4. The molecule has 0 spiro atoms. The van der Waals surface area contributed by atoms with E-state index in [0.717, 1.165) is 31.7 Å². The minimum Gasteiger partial charge on any atom is -0.393 e. The van der Waals surface area contributed by atoms with Gasteiger partial charge in [0.25, 0.3) is 0 Å². The molecular weight excluding hydrogens is 220 g/mol. The van der Waals surface area contributed by atoms with Crippen LogP contribution in [0.3, 0.4) is 0 Å². The highest BCUT2D eigenvalue weighted by molar-refractivity contribution is 5.01. The van der Waals surface area contributed by atoms with E-state index in [1.54, 1.807) is 6.92 Å². The molecule has 2 rings (SSSR count). The molecular formula is C12H20N2O3. The first-order valence-corrected chi connectivity index (χ1v) is 6.31. The first-order valence-electron chi connectivity index (χ1n) is 6.31. The molecule has 5 nitrogen and oxygen atoms in total. The van der Waals surface area contributed by atoms with Gasteiger partial charge in [0.1, 0.15) is 0 Å². The average molecular weight is 240 g/mol. The fourth-order valence-electron chi connectivity index (χ4n) is 2.23. The lowest BCUT2D eigenvalue weighted by Gasteiger charge is -2.18. The van der Waals surface area contributed by atoms with Crippen molar-refractivity contribution >= 4 is 0 Å². The standard InChI is InChI=1S/C12H20N2O3/c1-3-10(8(2)15)12-13-11(14-17-12)9-5-4-6-16-7-9/h8-10,15H,3-7H2,1-2H3. The molecule has 0 aromatic carbocycles. The maximum atomic E-state index is 9.63. The molecule has 1 aromatic rings. The molecule has 1 aliphatic rings. The molecule has 96 valence electrons. The van der Waals surface area contributed by atoms with E-state index in [-0.39, 0.29) is 11.8 Å². The van der Waals surface area contributed by atoms with Gasteiger partial charge in [0, 0.05) is 12.5 Å². The van der Waals surface area contributed by atoms with Crippen LogP contribution in [0.5, 0.6) is 0 Å². The van der Waals surface area contributed by atoms with E-state index in [1.165, 1.54) is 0 Å². The first kappa shape index (κ1) is 12.5. The molecule has 5 heteroatoms. The molecule has 2 heterocycles. The third-order valence-electron chi connectivity index (χ3n) is 3.32. The number of hydrogen-bond acceptors (Lipinski definition) is 5. The quantitative estimate of drug-likeness (QED) is 0.869. The van der Waals surface area contributed by atoms with E-state index in [2.05, 4.69) is 10.1 Å². The van der Waals surface area contributed by atoms with Crippen LogP contribution in [0.2, 0.25) is 0 Å². The Hall–Kier alpha value is -0.940. The fourth-order valence-corrected chi connectivity index (χ4v) is 2.23. The van der Waals surface area contributed by atoms with Crippen molar-refractivity contribution in [2.24, 2.45) is 0 Å². The Morgan fingerprint density at radius 1 is 1.53 bits per heavy atom. The first-order chi connectivity index (χ1) is 8.22. The number of hydrogen-bond donors (Lipinski definition) is 1. The Morgan fingerprint density at radius 2 is 2.35 bits per heavy atom. The Bertz CT molecular complexity index is 345. The second-order valence-electron chi connectivity index (χ2n) is 4.66. The Morgan fingerprint density at radius 3 is 2.94 bits per heavy atom. The topological polar surface area (TPSA) is 68.4 Å². The van der Waals surface area contributed by atoms with Crippen LogP contribution in [-0.2, 0) is 4.74 Å². The van der Waals surface area contributed by atoms with Crippen molar-refractivity contribution in [3.05, 3.63) is 11.7 Å². The van der Waals surface area contributed by atoms with Crippen LogP contribution in [-0.4, -0.2) is 34.6 Å². The average Bonchev–Trinajstić information content (AvgIpc) is 2.80. The van der Waals surface area contributed by atoms with Gasteiger partial charge in [0.15, 0.2) is 5.82 Å². The monoisotopic (exact) mass is 240 g/mol. The van der Waals surface area contributed by atoms with Gasteiger partial charge < -0.3 is 14.4 Å². The Kier molecular flexibility index (Phi) is 4.12. The van der Waals surface area contributed by atoms with Crippen molar-refractivity contribution < 1.29 is 14.4 Å². The largest absolute Gasteiger partial charge is 0.393 e. The summed E-state index contributed by atoms with van der Waals surface area (Å²) in [6.45, 7) is 5.25. The molecule has 0 radical (unpaired) electrons. The van der Waals surface area contributed by atoms with Crippen molar-refractivity contribution in [1.29, 1.82) is 0 Å². The van der Waals surface area contributed by atoms with Crippen molar-refractivity contribution in [2.75, 3.05) is 13.2 Å². The SMILES string of the molecule is CCC(c1nc(C2CCCOC2)no1)C(C)O. The maximum absolute atomic E-state index is 9.63. The molecule has 1 fully saturated rings. The summed E-state index contributed by atoms with van der Waals surface area (Å²) in [5.41, 5.74) is 0. The minimum absolute atomic E-state index is 0.0687. The summed E-state index contributed by atoms with van der Waals surface area (Å²) in [5, 5.41) is 13.6. The molecule has 1 saturated heterocycles. The van der Waals surface area contributed by atoms with Crippen LogP contribution in [0.25, 0.3) is 0 Å². The van der Waals surface area contributed by atoms with E-state index in [4.69, 9.17) is 9.26 Å².